The van der Waals surface area contributed by atoms with Gasteiger partial charge < -0.3 is 14.8 Å². The molecular weight excluding hydrogens is 518 g/mol. The lowest BCUT2D eigenvalue weighted by molar-refractivity contribution is 0.0952. The second-order valence-corrected chi connectivity index (χ2v) is 10.2. The van der Waals surface area contributed by atoms with Gasteiger partial charge in [0.05, 0.1) is 7.11 Å². The molecule has 0 aliphatic heterocycles. The molecule has 0 spiro atoms. The van der Waals surface area contributed by atoms with Gasteiger partial charge in [-0.05, 0) is 59.9 Å². The summed E-state index contributed by atoms with van der Waals surface area (Å²) in [6, 6.07) is 34.1. The highest BCUT2D eigenvalue weighted by atomic mass is 32.1. The number of methoxy groups -OCH3 is 1. The molecule has 0 aliphatic rings. The lowest BCUT2D eigenvalue weighted by Gasteiger charge is -2.18. The van der Waals surface area contributed by atoms with Crippen LogP contribution in [0.15, 0.2) is 103 Å². The van der Waals surface area contributed by atoms with Crippen molar-refractivity contribution in [2.45, 2.75) is 25.7 Å². The molecule has 7 heteroatoms. The lowest BCUT2D eigenvalue weighted by atomic mass is 9.88. The van der Waals surface area contributed by atoms with Crippen LogP contribution in [0.5, 0.6) is 16.7 Å². The lowest BCUT2D eigenvalue weighted by Crippen LogP contribution is -2.26. The van der Waals surface area contributed by atoms with Crippen molar-refractivity contribution in [1.29, 1.82) is 0 Å². The summed E-state index contributed by atoms with van der Waals surface area (Å²) < 4.78 is 15.8. The quantitative estimate of drug-likeness (QED) is 0.189. The summed E-state index contributed by atoms with van der Waals surface area (Å²) in [6.45, 7) is 2.49. The number of rotatable bonds is 11. The van der Waals surface area contributed by atoms with Gasteiger partial charge in [-0.1, -0.05) is 78.9 Å². The fourth-order valence-corrected chi connectivity index (χ4v) is 5.15. The van der Waals surface area contributed by atoms with E-state index >= 15 is 0 Å². The Labute approximate surface area is 238 Å². The minimum atomic E-state index is -0.138. The van der Waals surface area contributed by atoms with Crippen LogP contribution in [0.25, 0.3) is 0 Å². The number of amides is 1. The number of hydrogen-bond donors (Lipinski definition) is 1. The van der Waals surface area contributed by atoms with Crippen molar-refractivity contribution >= 4 is 17.4 Å². The predicted molar refractivity (Wildman–Crippen MR) is 159 cm³/mol. The van der Waals surface area contributed by atoms with E-state index in [4.69, 9.17) is 9.47 Å². The van der Waals surface area contributed by atoms with Crippen LogP contribution in [-0.2, 0) is 6.42 Å². The number of ether oxygens (including phenoxy) is 2. The molecule has 0 fully saturated rings. The molecule has 1 heterocycles. The third-order valence-electron chi connectivity index (χ3n) is 6.72. The molecule has 0 radical (unpaired) electrons. The molecule has 5 rings (SSSR count). The summed E-state index contributed by atoms with van der Waals surface area (Å²) in [5.41, 5.74) is 4.97. The normalized spacial score (nSPS) is 10.9. The molecule has 1 amide bonds. The summed E-state index contributed by atoms with van der Waals surface area (Å²) >= 11 is 1.19. The Morgan fingerprint density at radius 1 is 0.900 bits per heavy atom. The van der Waals surface area contributed by atoms with Crippen molar-refractivity contribution < 1.29 is 14.3 Å². The van der Waals surface area contributed by atoms with Crippen LogP contribution in [0.2, 0.25) is 0 Å². The number of hydrogen-bond acceptors (Lipinski definition) is 6. The minimum Gasteiger partial charge on any atom is -0.497 e. The SMILES string of the molecule is COc1cccc(Cc2nsc(Oc3cc(C(=O)NCCC(c4ccccc4)c4ccccc4)ccc3C)n2)c1. The van der Waals surface area contributed by atoms with Gasteiger partial charge in [0, 0.05) is 36.0 Å². The molecule has 1 aromatic heterocycles. The molecular formula is C33H31N3O3S. The maximum Gasteiger partial charge on any atom is 0.298 e. The van der Waals surface area contributed by atoms with Crippen molar-refractivity contribution in [3.05, 3.63) is 137 Å². The molecule has 202 valence electrons. The van der Waals surface area contributed by atoms with Gasteiger partial charge >= 0.3 is 0 Å². The highest BCUT2D eigenvalue weighted by Crippen LogP contribution is 2.29. The molecule has 0 atom stereocenters. The van der Waals surface area contributed by atoms with E-state index < -0.39 is 0 Å². The third-order valence-corrected chi connectivity index (χ3v) is 7.35. The molecule has 0 saturated carbocycles. The largest absolute Gasteiger partial charge is 0.497 e. The van der Waals surface area contributed by atoms with Gasteiger partial charge in [-0.3, -0.25) is 4.79 Å². The van der Waals surface area contributed by atoms with Crippen LogP contribution in [0.1, 0.15) is 50.8 Å². The van der Waals surface area contributed by atoms with Gasteiger partial charge in [-0.25, -0.2) is 0 Å². The molecule has 5 aromatic rings. The molecule has 4 aromatic carbocycles. The van der Waals surface area contributed by atoms with Gasteiger partial charge in [0.2, 0.25) is 0 Å². The third kappa shape index (κ3) is 6.93. The number of nitrogens with one attached hydrogen (secondary N) is 1. The summed E-state index contributed by atoms with van der Waals surface area (Å²) in [5.74, 6) is 2.11. The van der Waals surface area contributed by atoms with Gasteiger partial charge in [-0.2, -0.15) is 9.36 Å². The van der Waals surface area contributed by atoms with Crippen LogP contribution in [0.3, 0.4) is 0 Å². The van der Waals surface area contributed by atoms with E-state index in [-0.39, 0.29) is 11.8 Å². The Balaban J connectivity index is 1.22. The Morgan fingerprint density at radius 3 is 2.33 bits per heavy atom. The standard InChI is InChI=1S/C33H31N3O3S/c1-23-16-17-27(22-30(23)39-33-35-31(36-40-33)21-24-10-9-15-28(20-24)38-2)32(37)34-19-18-29(25-11-5-3-6-12-25)26-13-7-4-8-14-26/h3-17,20,22,29H,18-19,21H2,1-2H3,(H,34,37). The van der Waals surface area contributed by atoms with E-state index in [1.165, 1.54) is 22.7 Å². The fraction of sp³-hybridized carbons (Fsp3) is 0.182. The Bertz CT molecular complexity index is 1510. The maximum atomic E-state index is 13.1. The molecule has 1 N–H and O–H groups in total. The predicted octanol–water partition coefficient (Wildman–Crippen LogP) is 7.19. The van der Waals surface area contributed by atoms with Gasteiger partial charge in [0.25, 0.3) is 11.1 Å². The van der Waals surface area contributed by atoms with Crippen LogP contribution in [-0.4, -0.2) is 28.9 Å². The zero-order valence-corrected chi connectivity index (χ0v) is 23.4. The summed E-state index contributed by atoms with van der Waals surface area (Å²) in [4.78, 5) is 17.6. The van der Waals surface area contributed by atoms with Crippen molar-refractivity contribution in [3.8, 4) is 16.7 Å². The van der Waals surface area contributed by atoms with Crippen LogP contribution >= 0.6 is 11.5 Å². The first kappa shape index (κ1) is 27.1. The molecule has 0 saturated heterocycles. The Morgan fingerprint density at radius 2 is 1.62 bits per heavy atom. The van der Waals surface area contributed by atoms with E-state index in [0.717, 1.165) is 23.3 Å². The second-order valence-electron chi connectivity index (χ2n) is 9.51. The van der Waals surface area contributed by atoms with Crippen LogP contribution < -0.4 is 14.8 Å². The van der Waals surface area contributed by atoms with E-state index in [1.807, 2.05) is 55.5 Å². The minimum absolute atomic E-state index is 0.138. The van der Waals surface area contributed by atoms with Gasteiger partial charge in [0.15, 0.2) is 5.82 Å². The summed E-state index contributed by atoms with van der Waals surface area (Å²) in [6.07, 6.45) is 1.36. The Kier molecular flexibility index (Phi) is 8.83. The molecule has 40 heavy (non-hydrogen) atoms. The number of aryl methyl sites for hydroxylation is 1. The summed E-state index contributed by atoms with van der Waals surface area (Å²) in [5, 5.41) is 3.53. The van der Waals surface area contributed by atoms with E-state index in [2.05, 4.69) is 63.2 Å². The van der Waals surface area contributed by atoms with E-state index in [9.17, 15) is 4.79 Å². The Hall–Kier alpha value is -4.49. The highest BCUT2D eigenvalue weighted by molar-refractivity contribution is 7.07. The van der Waals surface area contributed by atoms with Crippen LogP contribution in [0, 0.1) is 6.92 Å². The van der Waals surface area contributed by atoms with Crippen molar-refractivity contribution in [2.24, 2.45) is 0 Å². The topological polar surface area (TPSA) is 73.3 Å². The number of nitrogens with zero attached hydrogens (tertiary/aromatic N) is 2. The van der Waals surface area contributed by atoms with Gasteiger partial charge in [0.1, 0.15) is 11.5 Å². The average Bonchev–Trinajstić information content (AvgIpc) is 3.43. The first-order valence-electron chi connectivity index (χ1n) is 13.2. The van der Waals surface area contributed by atoms with E-state index in [0.29, 0.717) is 35.3 Å². The number of benzene rings is 4. The highest BCUT2D eigenvalue weighted by Gasteiger charge is 2.16. The maximum absolute atomic E-state index is 13.1. The molecule has 0 unspecified atom stereocenters. The molecule has 0 aliphatic carbocycles. The van der Waals surface area contributed by atoms with Crippen molar-refractivity contribution in [3.63, 3.8) is 0 Å². The molecule has 6 nitrogen and oxygen atoms in total. The zero-order chi connectivity index (χ0) is 27.7. The monoisotopic (exact) mass is 549 g/mol. The summed E-state index contributed by atoms with van der Waals surface area (Å²) in [7, 11) is 1.65. The first-order chi connectivity index (χ1) is 19.6. The fourth-order valence-electron chi connectivity index (χ4n) is 4.59. The van der Waals surface area contributed by atoms with Gasteiger partial charge in [-0.15, -0.1) is 0 Å². The zero-order valence-electron chi connectivity index (χ0n) is 22.5. The van der Waals surface area contributed by atoms with Crippen LogP contribution in [0.4, 0.5) is 0 Å². The second kappa shape index (κ2) is 13.0. The first-order valence-corrected chi connectivity index (χ1v) is 14.0. The van der Waals surface area contributed by atoms with Crippen molar-refractivity contribution in [2.75, 3.05) is 13.7 Å². The smallest absolute Gasteiger partial charge is 0.298 e. The number of carbonyl (C=O) groups is 1. The number of aromatic nitrogens is 2. The number of carbonyl (C=O) groups excluding carboxylic acids is 1. The average molecular weight is 550 g/mol. The van der Waals surface area contributed by atoms with Crippen molar-refractivity contribution in [1.82, 2.24) is 14.7 Å². The molecule has 0 bridgehead atoms. The van der Waals surface area contributed by atoms with E-state index in [1.54, 1.807) is 13.2 Å².